The zero-order chi connectivity index (χ0) is 21.8. The molecule has 4 rings (SSSR count). The maximum Gasteiger partial charge on any atom is 0.307 e. The van der Waals surface area contributed by atoms with Crippen molar-refractivity contribution in [3.05, 3.63) is 96.7 Å². The Kier molecular flexibility index (Phi) is 6.94. The number of rotatable bonds is 6. The second-order valence-corrected chi connectivity index (χ2v) is 9.08. The van der Waals surface area contributed by atoms with Crippen molar-refractivity contribution in [1.82, 2.24) is 5.43 Å². The number of para-hydroxylation sites is 1. The number of furan rings is 1. The molecule has 5 nitrogen and oxygen atoms in total. The lowest BCUT2D eigenvalue weighted by molar-refractivity contribution is 0.0929. The monoisotopic (exact) mass is 608 g/mol. The first-order valence-corrected chi connectivity index (χ1v) is 11.4. The summed E-state index contributed by atoms with van der Waals surface area (Å²) in [4.78, 5) is 12.3. The van der Waals surface area contributed by atoms with Gasteiger partial charge in [-0.1, -0.05) is 41.9 Å². The van der Waals surface area contributed by atoms with E-state index >= 15 is 0 Å². The topological polar surface area (TPSA) is 63.8 Å². The van der Waals surface area contributed by atoms with Crippen LogP contribution < -0.4 is 10.2 Å². The lowest BCUT2D eigenvalue weighted by Crippen LogP contribution is -2.16. The summed E-state index contributed by atoms with van der Waals surface area (Å²) < 4.78 is 13.2. The number of amides is 1. The molecule has 0 atom stereocenters. The molecule has 4 aromatic rings. The highest BCUT2D eigenvalue weighted by Gasteiger charge is 2.12. The Balaban J connectivity index is 1.40. The Bertz CT molecular complexity index is 1220. The number of hydrogen-bond acceptors (Lipinski definition) is 4. The number of hydrogen-bond donors (Lipinski definition) is 1. The highest BCUT2D eigenvalue weighted by atomic mass is 127. The highest BCUT2D eigenvalue weighted by Crippen LogP contribution is 2.34. The van der Waals surface area contributed by atoms with Gasteiger partial charge in [-0.3, -0.25) is 4.79 Å². The van der Waals surface area contributed by atoms with E-state index in [2.05, 4.69) is 49.0 Å². The van der Waals surface area contributed by atoms with Crippen LogP contribution in [0.4, 0.5) is 0 Å². The van der Waals surface area contributed by atoms with Crippen molar-refractivity contribution in [1.29, 1.82) is 0 Å². The molecule has 0 aliphatic heterocycles. The molecule has 0 aliphatic carbocycles. The molecular weight excluding hydrogens is 595 g/mol. The van der Waals surface area contributed by atoms with E-state index in [-0.39, 0.29) is 5.76 Å². The van der Waals surface area contributed by atoms with Gasteiger partial charge in [0.2, 0.25) is 0 Å². The van der Waals surface area contributed by atoms with Crippen LogP contribution in [0.15, 0.2) is 80.7 Å². The molecular formula is C23H15BrClIN2O3. The smallest absolute Gasteiger partial charge is 0.307 e. The number of ether oxygens (including phenoxy) is 1. The molecule has 0 spiro atoms. The quantitative estimate of drug-likeness (QED) is 0.149. The van der Waals surface area contributed by atoms with Gasteiger partial charge < -0.3 is 9.15 Å². The normalized spacial score (nSPS) is 11.2. The minimum Gasteiger partial charge on any atom is -0.486 e. The van der Waals surface area contributed by atoms with Gasteiger partial charge in [0.1, 0.15) is 12.2 Å². The van der Waals surface area contributed by atoms with Crippen molar-refractivity contribution in [2.45, 2.75) is 6.61 Å². The summed E-state index contributed by atoms with van der Waals surface area (Å²) in [5.41, 5.74) is 4.85. The highest BCUT2D eigenvalue weighted by molar-refractivity contribution is 14.1. The van der Waals surface area contributed by atoms with E-state index in [0.717, 1.165) is 14.5 Å². The second-order valence-electron chi connectivity index (χ2n) is 6.58. The minimum atomic E-state index is -0.435. The van der Waals surface area contributed by atoms with Crippen molar-refractivity contribution in [3.8, 4) is 5.75 Å². The average Bonchev–Trinajstić information content (AvgIpc) is 3.19. The van der Waals surface area contributed by atoms with Crippen LogP contribution >= 0.6 is 50.1 Å². The zero-order valence-electron chi connectivity index (χ0n) is 15.9. The molecule has 156 valence electrons. The molecule has 1 amide bonds. The van der Waals surface area contributed by atoms with Gasteiger partial charge in [0.15, 0.2) is 11.5 Å². The standard InChI is InChI=1S/C23H15BrClIN2O3/c24-18-9-15(10-19(25)22(18)30-13-14-5-7-17(26)8-6-14)12-27-28-23(29)21-11-16-3-1-2-4-20(16)31-21/h1-12H,13H2,(H,28,29)/b27-12+. The molecule has 0 saturated heterocycles. The van der Waals surface area contributed by atoms with Gasteiger partial charge in [-0.25, -0.2) is 5.43 Å². The first-order chi connectivity index (χ1) is 15.0. The Morgan fingerprint density at radius 1 is 1.16 bits per heavy atom. The van der Waals surface area contributed by atoms with Crippen LogP contribution in [0.25, 0.3) is 11.0 Å². The van der Waals surface area contributed by atoms with Crippen LogP contribution in [-0.4, -0.2) is 12.1 Å². The van der Waals surface area contributed by atoms with Gasteiger partial charge in [0.25, 0.3) is 0 Å². The van der Waals surface area contributed by atoms with E-state index in [1.54, 1.807) is 18.2 Å². The van der Waals surface area contributed by atoms with Crippen molar-refractivity contribution in [3.63, 3.8) is 0 Å². The summed E-state index contributed by atoms with van der Waals surface area (Å²) in [5, 5.41) is 5.29. The molecule has 1 heterocycles. The van der Waals surface area contributed by atoms with Crippen LogP contribution in [0.3, 0.4) is 0 Å². The second kappa shape index (κ2) is 9.84. The van der Waals surface area contributed by atoms with E-state index in [1.165, 1.54) is 6.21 Å². The fraction of sp³-hybridized carbons (Fsp3) is 0.0435. The summed E-state index contributed by atoms with van der Waals surface area (Å²) in [7, 11) is 0. The van der Waals surface area contributed by atoms with Crippen LogP contribution in [0.2, 0.25) is 5.02 Å². The van der Waals surface area contributed by atoms with Gasteiger partial charge in [-0.15, -0.1) is 0 Å². The van der Waals surface area contributed by atoms with Gasteiger partial charge in [0, 0.05) is 8.96 Å². The maximum atomic E-state index is 12.3. The average molecular weight is 610 g/mol. The van der Waals surface area contributed by atoms with Crippen LogP contribution in [0.5, 0.6) is 5.75 Å². The molecule has 1 N–H and O–H groups in total. The fourth-order valence-electron chi connectivity index (χ4n) is 2.84. The van der Waals surface area contributed by atoms with E-state index in [0.29, 0.717) is 33.0 Å². The molecule has 0 radical (unpaired) electrons. The number of fused-ring (bicyclic) bond motifs is 1. The molecule has 1 aromatic heterocycles. The molecule has 0 bridgehead atoms. The lowest BCUT2D eigenvalue weighted by atomic mass is 10.2. The summed E-state index contributed by atoms with van der Waals surface area (Å²) in [5.74, 6) is 0.302. The van der Waals surface area contributed by atoms with Crippen LogP contribution in [-0.2, 0) is 6.61 Å². The number of nitrogens with one attached hydrogen (secondary N) is 1. The van der Waals surface area contributed by atoms with E-state index in [4.69, 9.17) is 20.8 Å². The Morgan fingerprint density at radius 3 is 2.68 bits per heavy atom. The SMILES string of the molecule is O=C(N/N=C/c1cc(Cl)c(OCc2ccc(I)cc2)c(Br)c1)c1cc2ccccc2o1. The van der Waals surface area contributed by atoms with Crippen molar-refractivity contribution < 1.29 is 13.9 Å². The first kappa shape index (κ1) is 21.9. The minimum absolute atomic E-state index is 0.192. The number of halogens is 3. The van der Waals surface area contributed by atoms with Gasteiger partial charge in [-0.05, 0) is 86.0 Å². The largest absolute Gasteiger partial charge is 0.486 e. The first-order valence-electron chi connectivity index (χ1n) is 9.18. The third-order valence-corrected chi connectivity index (χ3v) is 5.94. The summed E-state index contributed by atoms with van der Waals surface area (Å²) in [6.45, 7) is 0.399. The van der Waals surface area contributed by atoms with E-state index in [1.807, 2.05) is 48.5 Å². The van der Waals surface area contributed by atoms with Crippen molar-refractivity contribution in [2.75, 3.05) is 0 Å². The van der Waals surface area contributed by atoms with E-state index < -0.39 is 5.91 Å². The number of benzene rings is 3. The predicted octanol–water partition coefficient (Wildman–Crippen LogP) is 6.80. The van der Waals surface area contributed by atoms with Crippen LogP contribution in [0, 0.1) is 3.57 Å². The number of carbonyl (C=O) groups excluding carboxylic acids is 1. The fourth-order valence-corrected chi connectivity index (χ4v) is 4.19. The number of carbonyl (C=O) groups is 1. The Hall–Kier alpha value is -2.36. The van der Waals surface area contributed by atoms with Gasteiger partial charge >= 0.3 is 5.91 Å². The summed E-state index contributed by atoms with van der Waals surface area (Å²) in [6.07, 6.45) is 1.50. The maximum absolute atomic E-state index is 12.3. The molecule has 0 fully saturated rings. The van der Waals surface area contributed by atoms with Gasteiger partial charge in [-0.2, -0.15) is 5.10 Å². The third-order valence-electron chi connectivity index (χ3n) is 4.35. The molecule has 0 unspecified atom stereocenters. The molecule has 31 heavy (non-hydrogen) atoms. The Labute approximate surface area is 205 Å². The van der Waals surface area contributed by atoms with E-state index in [9.17, 15) is 4.79 Å². The predicted molar refractivity (Wildman–Crippen MR) is 134 cm³/mol. The molecule has 8 heteroatoms. The van der Waals surface area contributed by atoms with Gasteiger partial charge in [0.05, 0.1) is 15.7 Å². The zero-order valence-corrected chi connectivity index (χ0v) is 20.4. The summed E-state index contributed by atoms with van der Waals surface area (Å²) in [6, 6.07) is 20.7. The van der Waals surface area contributed by atoms with Crippen molar-refractivity contribution >= 4 is 73.2 Å². The molecule has 3 aromatic carbocycles. The van der Waals surface area contributed by atoms with Crippen LogP contribution in [0.1, 0.15) is 21.7 Å². The summed E-state index contributed by atoms with van der Waals surface area (Å²) >= 11 is 12.1. The van der Waals surface area contributed by atoms with Crippen molar-refractivity contribution in [2.24, 2.45) is 5.10 Å². The number of nitrogens with zero attached hydrogens (tertiary/aromatic N) is 1. The molecule has 0 aliphatic rings. The third kappa shape index (κ3) is 5.47. The lowest BCUT2D eigenvalue weighted by Gasteiger charge is -2.11. The molecule has 0 saturated carbocycles. The Morgan fingerprint density at radius 2 is 1.94 bits per heavy atom. The number of hydrazone groups is 1.